The van der Waals surface area contributed by atoms with E-state index in [-0.39, 0.29) is 49.2 Å². The molecule has 164 valence electrons. The summed E-state index contributed by atoms with van der Waals surface area (Å²) in [5, 5.41) is 0. The summed E-state index contributed by atoms with van der Waals surface area (Å²) in [5.41, 5.74) is 2.23. The Morgan fingerprint density at radius 3 is 1.52 bits per heavy atom. The summed E-state index contributed by atoms with van der Waals surface area (Å²) >= 11 is 0. The van der Waals surface area contributed by atoms with Gasteiger partial charge in [-0.1, -0.05) is 60.7 Å². The van der Waals surface area contributed by atoms with E-state index in [4.69, 9.17) is 33.2 Å². The van der Waals surface area contributed by atoms with Crippen molar-refractivity contribution < 1.29 is 33.2 Å². The highest BCUT2D eigenvalue weighted by molar-refractivity contribution is 5.14. The summed E-state index contributed by atoms with van der Waals surface area (Å²) in [6.45, 7) is 1.87. The van der Waals surface area contributed by atoms with E-state index < -0.39 is 0 Å². The number of rotatable bonds is 8. The molecule has 4 aliphatic rings. The van der Waals surface area contributed by atoms with E-state index in [2.05, 4.69) is 0 Å². The van der Waals surface area contributed by atoms with Crippen molar-refractivity contribution in [1.29, 1.82) is 0 Å². The molecular weight excluding hydrogens is 400 g/mol. The Balaban J connectivity index is 0.951. The Hall–Kier alpha value is -1.84. The molecule has 31 heavy (non-hydrogen) atoms. The number of hydrogen-bond donors (Lipinski definition) is 0. The molecule has 4 aliphatic heterocycles. The van der Waals surface area contributed by atoms with Gasteiger partial charge in [0.15, 0.2) is 12.6 Å². The first-order valence-electron chi connectivity index (χ1n) is 10.9. The molecule has 2 aromatic rings. The van der Waals surface area contributed by atoms with Crippen LogP contribution < -0.4 is 0 Å². The van der Waals surface area contributed by atoms with Crippen molar-refractivity contribution in [1.82, 2.24) is 0 Å². The predicted molar refractivity (Wildman–Crippen MR) is 108 cm³/mol. The third-order valence-corrected chi connectivity index (χ3v) is 6.11. The van der Waals surface area contributed by atoms with E-state index in [1.165, 1.54) is 0 Å². The summed E-state index contributed by atoms with van der Waals surface area (Å²) in [7, 11) is 0. The van der Waals surface area contributed by atoms with Gasteiger partial charge in [-0.15, -0.1) is 0 Å². The minimum atomic E-state index is -0.353. The molecule has 0 aliphatic carbocycles. The van der Waals surface area contributed by atoms with Crippen LogP contribution >= 0.6 is 0 Å². The Labute approximate surface area is 181 Å². The molecule has 4 fully saturated rings. The Morgan fingerprint density at radius 1 is 0.613 bits per heavy atom. The lowest BCUT2D eigenvalue weighted by atomic mass is 10.1. The fraction of sp³-hybridized carbons (Fsp3) is 0.500. The fourth-order valence-corrected chi connectivity index (χ4v) is 4.32. The largest absolute Gasteiger partial charge is 0.365 e. The van der Waals surface area contributed by atoms with Gasteiger partial charge < -0.3 is 33.2 Å². The van der Waals surface area contributed by atoms with Crippen LogP contribution in [0.4, 0.5) is 0 Å². The monoisotopic (exact) mass is 426 g/mol. The molecule has 0 bridgehead atoms. The predicted octanol–water partition coefficient (Wildman–Crippen LogP) is 2.42. The van der Waals surface area contributed by atoms with Crippen LogP contribution in [0.5, 0.6) is 0 Å². The highest BCUT2D eigenvalue weighted by atomic mass is 16.8. The normalized spacial score (nSPS) is 38.2. The summed E-state index contributed by atoms with van der Waals surface area (Å²) < 4.78 is 41.4. The number of hydrogen-bond acceptors (Lipinski definition) is 7. The SMILES string of the molecule is c1ccc(CO[C@H]2OC[C@H](O[C@@H]3CO[C@@H](OCc4ccccc4)[C@@H]4O[C@@H]43)[C@H]3O[C@@H]23)cc1. The van der Waals surface area contributed by atoms with Crippen LogP contribution in [0.3, 0.4) is 0 Å². The average molecular weight is 426 g/mol. The molecule has 0 aromatic heterocycles. The zero-order valence-corrected chi connectivity index (χ0v) is 17.1. The highest BCUT2D eigenvalue weighted by Crippen LogP contribution is 2.41. The number of ether oxygens (including phenoxy) is 7. The molecule has 7 nitrogen and oxygen atoms in total. The van der Waals surface area contributed by atoms with Gasteiger partial charge in [-0.05, 0) is 11.1 Å². The van der Waals surface area contributed by atoms with Gasteiger partial charge in [0.2, 0.25) is 0 Å². The molecule has 0 radical (unpaired) electrons. The standard InChI is InChI=1S/C24H26O7/c1-3-7-15(8-4-1)11-25-23-21-19(30-21)17(13-27-23)29-18-14-28-24(22-20(18)31-22)26-12-16-9-5-2-6-10-16/h1-10,17-24H,11-14H2/t17-,18+,19-,20-,21-,22-,23-,24+/m1/s1. The van der Waals surface area contributed by atoms with E-state index in [1.807, 2.05) is 60.7 Å². The first-order chi connectivity index (χ1) is 15.3. The molecule has 0 N–H and O–H groups in total. The van der Waals surface area contributed by atoms with E-state index in [9.17, 15) is 0 Å². The van der Waals surface area contributed by atoms with Crippen molar-refractivity contribution in [3.63, 3.8) is 0 Å². The van der Waals surface area contributed by atoms with Gasteiger partial charge in [0.05, 0.1) is 26.4 Å². The highest BCUT2D eigenvalue weighted by Gasteiger charge is 2.60. The van der Waals surface area contributed by atoms with Crippen molar-refractivity contribution in [2.45, 2.75) is 62.4 Å². The zero-order chi connectivity index (χ0) is 20.6. The van der Waals surface area contributed by atoms with Gasteiger partial charge in [-0.2, -0.15) is 0 Å². The second-order valence-corrected chi connectivity index (χ2v) is 8.34. The van der Waals surface area contributed by atoms with Crippen LogP contribution in [0.15, 0.2) is 60.7 Å². The smallest absolute Gasteiger partial charge is 0.186 e. The van der Waals surface area contributed by atoms with Gasteiger partial charge >= 0.3 is 0 Å². The van der Waals surface area contributed by atoms with Gasteiger partial charge in [0.1, 0.15) is 36.6 Å². The fourth-order valence-electron chi connectivity index (χ4n) is 4.32. The molecule has 4 saturated heterocycles. The first kappa shape index (κ1) is 19.8. The maximum absolute atomic E-state index is 6.25. The molecule has 0 amide bonds. The summed E-state index contributed by atoms with van der Waals surface area (Å²) in [5.74, 6) is 0. The van der Waals surface area contributed by atoms with Crippen molar-refractivity contribution in [2.75, 3.05) is 13.2 Å². The molecule has 6 rings (SSSR count). The average Bonchev–Trinajstić information content (AvgIpc) is 3.73. The van der Waals surface area contributed by atoms with Crippen LogP contribution in [0.25, 0.3) is 0 Å². The Kier molecular flexibility index (Phi) is 5.49. The van der Waals surface area contributed by atoms with E-state index in [0.717, 1.165) is 11.1 Å². The first-order valence-corrected chi connectivity index (χ1v) is 10.9. The number of benzene rings is 2. The van der Waals surface area contributed by atoms with Gasteiger partial charge in [0, 0.05) is 0 Å². The lowest BCUT2D eigenvalue weighted by Gasteiger charge is -2.31. The van der Waals surface area contributed by atoms with Crippen LogP contribution in [0.2, 0.25) is 0 Å². The number of epoxide rings is 2. The Bertz CT molecular complexity index is 791. The second-order valence-electron chi connectivity index (χ2n) is 8.34. The summed E-state index contributed by atoms with van der Waals surface area (Å²) in [4.78, 5) is 0. The van der Waals surface area contributed by atoms with Crippen molar-refractivity contribution in [2.24, 2.45) is 0 Å². The molecule has 8 atom stereocenters. The third-order valence-electron chi connectivity index (χ3n) is 6.11. The van der Waals surface area contributed by atoms with E-state index in [1.54, 1.807) is 0 Å². The van der Waals surface area contributed by atoms with E-state index >= 15 is 0 Å². The summed E-state index contributed by atoms with van der Waals surface area (Å²) in [6, 6.07) is 20.1. The van der Waals surface area contributed by atoms with Crippen molar-refractivity contribution >= 4 is 0 Å². The van der Waals surface area contributed by atoms with Crippen molar-refractivity contribution in [3.8, 4) is 0 Å². The minimum absolute atomic E-state index is 0.00113. The molecule has 2 aromatic carbocycles. The molecule has 0 spiro atoms. The van der Waals surface area contributed by atoms with Gasteiger partial charge in [0.25, 0.3) is 0 Å². The maximum Gasteiger partial charge on any atom is 0.186 e. The molecular formula is C24H26O7. The van der Waals surface area contributed by atoms with Gasteiger partial charge in [-0.3, -0.25) is 0 Å². The lowest BCUT2D eigenvalue weighted by Crippen LogP contribution is -2.46. The van der Waals surface area contributed by atoms with Gasteiger partial charge in [-0.25, -0.2) is 0 Å². The topological polar surface area (TPSA) is 71.2 Å². The quantitative estimate of drug-likeness (QED) is 0.601. The zero-order valence-electron chi connectivity index (χ0n) is 17.1. The third kappa shape index (κ3) is 4.40. The summed E-state index contributed by atoms with van der Waals surface area (Å²) in [6.07, 6.45) is -1.14. The molecule has 4 heterocycles. The van der Waals surface area contributed by atoms with E-state index in [0.29, 0.717) is 26.4 Å². The number of fused-ring (bicyclic) bond motifs is 2. The van der Waals surface area contributed by atoms with Crippen LogP contribution in [-0.2, 0) is 46.4 Å². The van der Waals surface area contributed by atoms with Crippen LogP contribution in [-0.4, -0.2) is 62.4 Å². The molecule has 0 unspecified atom stereocenters. The molecule has 0 saturated carbocycles. The lowest BCUT2D eigenvalue weighted by molar-refractivity contribution is -0.216. The minimum Gasteiger partial charge on any atom is -0.365 e. The second kappa shape index (κ2) is 8.60. The Morgan fingerprint density at radius 2 is 1.06 bits per heavy atom. The van der Waals surface area contributed by atoms with Crippen LogP contribution in [0, 0.1) is 0 Å². The van der Waals surface area contributed by atoms with Crippen LogP contribution in [0.1, 0.15) is 11.1 Å². The molecule has 7 heteroatoms. The van der Waals surface area contributed by atoms with Crippen molar-refractivity contribution in [3.05, 3.63) is 71.8 Å². The maximum atomic E-state index is 6.25.